The van der Waals surface area contributed by atoms with E-state index in [1.807, 2.05) is 20.1 Å². The summed E-state index contributed by atoms with van der Waals surface area (Å²) in [6, 6.07) is 4.48. The van der Waals surface area contributed by atoms with Crippen LogP contribution in [-0.4, -0.2) is 86.5 Å². The van der Waals surface area contributed by atoms with E-state index in [0.717, 1.165) is 44.6 Å². The zero-order chi connectivity index (χ0) is 29.7. The number of fused-ring (bicyclic) bond motifs is 2. The van der Waals surface area contributed by atoms with Crippen molar-refractivity contribution in [3.8, 4) is 11.5 Å². The van der Waals surface area contributed by atoms with E-state index in [1.165, 1.54) is 30.5 Å². The van der Waals surface area contributed by atoms with Crippen LogP contribution in [0.5, 0.6) is 11.5 Å². The molecule has 1 N–H and O–H groups in total. The molecule has 4 saturated carbocycles. The third-order valence-corrected chi connectivity index (χ3v) is 12.7. The van der Waals surface area contributed by atoms with E-state index in [1.54, 1.807) is 7.11 Å². The van der Waals surface area contributed by atoms with Crippen molar-refractivity contribution >= 4 is 5.97 Å². The van der Waals surface area contributed by atoms with Gasteiger partial charge in [-0.1, -0.05) is 26.8 Å². The van der Waals surface area contributed by atoms with Crippen LogP contribution in [0.4, 0.5) is 0 Å². The molecule has 1 saturated heterocycles. The van der Waals surface area contributed by atoms with Gasteiger partial charge < -0.3 is 28.8 Å². The molecule has 4 bridgehead atoms. The molecule has 8 heteroatoms. The van der Waals surface area contributed by atoms with Gasteiger partial charge in [0.1, 0.15) is 18.3 Å². The number of carbonyl (C=O) groups excluding carboxylic acids is 1. The SMILES string of the molecule is COCCOCC(=O)Oc1ccc2c3c1O[C@H]1[C@]4(OC)CC[C@@]5(C[C@@H]4[C@](C)(O)C(C)(C)C)[C@@H](C2)N(CC2CC2)CC[C@]315. The highest BCUT2D eigenvalue weighted by atomic mass is 16.6. The molecule has 8 rings (SSSR count). The Labute approximate surface area is 250 Å². The fourth-order valence-corrected chi connectivity index (χ4v) is 10.1. The second kappa shape index (κ2) is 9.64. The number of hydrogen-bond acceptors (Lipinski definition) is 8. The van der Waals surface area contributed by atoms with E-state index in [9.17, 15) is 9.90 Å². The minimum absolute atomic E-state index is 0.0465. The predicted octanol–water partition coefficient (Wildman–Crippen LogP) is 4.28. The van der Waals surface area contributed by atoms with Gasteiger partial charge in [0.15, 0.2) is 11.5 Å². The van der Waals surface area contributed by atoms with Gasteiger partial charge in [0.05, 0.1) is 18.8 Å². The molecule has 2 heterocycles. The number of piperidine rings is 1. The molecule has 5 fully saturated rings. The number of benzene rings is 1. The second-order valence-corrected chi connectivity index (χ2v) is 15.3. The fraction of sp³-hybridized carbons (Fsp3) is 0.794. The van der Waals surface area contributed by atoms with E-state index in [0.29, 0.717) is 30.8 Å². The standard InChI is InChI=1S/C34H49NO7/c1-30(2,3)31(4,37)24-18-32-11-12-34(24,39-6)29-33(32)13-14-35(19-21-7-8-21)25(32)17-22-9-10-23(28(42-29)27(22)33)41-26(36)20-40-16-15-38-5/h9-10,21,24-25,29,37H,7-8,11-20H2,1-6H3/t24-,25-,29-,31+,32-,33+,34+/m1/s1. The van der Waals surface area contributed by atoms with Crippen LogP contribution in [0, 0.1) is 22.7 Å². The zero-order valence-electron chi connectivity index (χ0n) is 26.3. The number of ether oxygens (including phenoxy) is 5. The third-order valence-electron chi connectivity index (χ3n) is 12.7. The summed E-state index contributed by atoms with van der Waals surface area (Å²) in [7, 11) is 3.42. The summed E-state index contributed by atoms with van der Waals surface area (Å²) in [5.74, 6) is 1.45. The molecule has 7 atom stereocenters. The molecule has 8 nitrogen and oxygen atoms in total. The molecule has 0 amide bonds. The predicted molar refractivity (Wildman–Crippen MR) is 157 cm³/mol. The van der Waals surface area contributed by atoms with E-state index < -0.39 is 17.2 Å². The van der Waals surface area contributed by atoms with Crippen LogP contribution >= 0.6 is 0 Å². The van der Waals surface area contributed by atoms with Gasteiger partial charge in [-0.3, -0.25) is 4.90 Å². The molecule has 232 valence electrons. The minimum Gasteiger partial charge on any atom is -0.482 e. The second-order valence-electron chi connectivity index (χ2n) is 15.3. The Morgan fingerprint density at radius 3 is 2.60 bits per heavy atom. The van der Waals surface area contributed by atoms with Gasteiger partial charge in [-0.05, 0) is 81.4 Å². The van der Waals surface area contributed by atoms with Crippen molar-refractivity contribution in [1.29, 1.82) is 0 Å². The van der Waals surface area contributed by atoms with Crippen LogP contribution in [0.3, 0.4) is 0 Å². The summed E-state index contributed by atoms with van der Waals surface area (Å²) in [6.07, 6.45) is 7.20. The smallest absolute Gasteiger partial charge is 0.337 e. The zero-order valence-corrected chi connectivity index (χ0v) is 26.3. The van der Waals surface area contributed by atoms with Gasteiger partial charge in [0.25, 0.3) is 0 Å². The first-order valence-electron chi connectivity index (χ1n) is 16.1. The Balaban J connectivity index is 1.35. The number of likely N-dealkylation sites (tertiary alicyclic amines) is 1. The normalized spacial score (nSPS) is 37.6. The first-order valence-corrected chi connectivity index (χ1v) is 16.1. The van der Waals surface area contributed by atoms with Crippen molar-refractivity contribution in [2.24, 2.45) is 22.7 Å². The molecular formula is C34H49NO7. The van der Waals surface area contributed by atoms with Crippen molar-refractivity contribution in [2.45, 2.75) is 101 Å². The lowest BCUT2D eigenvalue weighted by Crippen LogP contribution is -2.83. The summed E-state index contributed by atoms with van der Waals surface area (Å²) in [6.45, 7) is 11.3. The molecule has 7 aliphatic rings. The monoisotopic (exact) mass is 583 g/mol. The molecule has 42 heavy (non-hydrogen) atoms. The van der Waals surface area contributed by atoms with Gasteiger partial charge in [-0.2, -0.15) is 0 Å². The van der Waals surface area contributed by atoms with Crippen LogP contribution in [0.2, 0.25) is 0 Å². The number of aliphatic hydroxyl groups is 1. The third kappa shape index (κ3) is 3.74. The van der Waals surface area contributed by atoms with E-state index in [2.05, 4.69) is 31.7 Å². The molecule has 0 radical (unpaired) electrons. The topological polar surface area (TPSA) is 86.7 Å². The number of esters is 1. The maximum atomic E-state index is 12.9. The summed E-state index contributed by atoms with van der Waals surface area (Å²) in [5, 5.41) is 12.4. The maximum absolute atomic E-state index is 12.9. The molecule has 5 aliphatic carbocycles. The molecule has 0 aromatic heterocycles. The van der Waals surface area contributed by atoms with Crippen molar-refractivity contribution in [3.63, 3.8) is 0 Å². The summed E-state index contributed by atoms with van der Waals surface area (Å²) in [4.78, 5) is 15.7. The average molecular weight is 584 g/mol. The quantitative estimate of drug-likeness (QED) is 0.248. The maximum Gasteiger partial charge on any atom is 0.337 e. The Morgan fingerprint density at radius 2 is 1.90 bits per heavy atom. The molecule has 2 spiro atoms. The summed E-state index contributed by atoms with van der Waals surface area (Å²) in [5.41, 5.74) is 0.308. The van der Waals surface area contributed by atoms with Gasteiger partial charge in [-0.25, -0.2) is 4.79 Å². The van der Waals surface area contributed by atoms with Crippen molar-refractivity contribution < 1.29 is 33.6 Å². The van der Waals surface area contributed by atoms with Gasteiger partial charge in [0.2, 0.25) is 0 Å². The van der Waals surface area contributed by atoms with Crippen molar-refractivity contribution in [3.05, 3.63) is 23.3 Å². The fourth-order valence-electron chi connectivity index (χ4n) is 10.1. The number of nitrogens with zero attached hydrogens (tertiary/aromatic N) is 1. The molecule has 1 aromatic carbocycles. The lowest BCUT2D eigenvalue weighted by Gasteiger charge is -2.75. The highest BCUT2D eigenvalue weighted by molar-refractivity contribution is 5.76. The first kappa shape index (κ1) is 29.0. The molecule has 2 aliphatic heterocycles. The van der Waals surface area contributed by atoms with Crippen LogP contribution in [-0.2, 0) is 30.8 Å². The number of hydrogen-bond donors (Lipinski definition) is 1. The van der Waals surface area contributed by atoms with E-state index >= 15 is 0 Å². The number of rotatable bonds is 10. The van der Waals surface area contributed by atoms with Crippen LogP contribution < -0.4 is 9.47 Å². The Bertz CT molecular complexity index is 1250. The van der Waals surface area contributed by atoms with Gasteiger partial charge in [0, 0.05) is 49.1 Å². The van der Waals surface area contributed by atoms with Crippen LogP contribution in [0.15, 0.2) is 12.1 Å². The van der Waals surface area contributed by atoms with Crippen molar-refractivity contribution in [1.82, 2.24) is 4.90 Å². The Hall–Kier alpha value is -1.71. The number of carbonyl (C=O) groups is 1. The van der Waals surface area contributed by atoms with Crippen LogP contribution in [0.25, 0.3) is 0 Å². The summed E-state index contributed by atoms with van der Waals surface area (Å²) >= 11 is 0. The van der Waals surface area contributed by atoms with Crippen molar-refractivity contribution in [2.75, 3.05) is 47.1 Å². The summed E-state index contributed by atoms with van der Waals surface area (Å²) < 4.78 is 30.2. The van der Waals surface area contributed by atoms with Crippen LogP contribution in [0.1, 0.15) is 77.3 Å². The molecular weight excluding hydrogens is 534 g/mol. The highest BCUT2D eigenvalue weighted by Crippen LogP contribution is 2.78. The van der Waals surface area contributed by atoms with Gasteiger partial charge in [-0.15, -0.1) is 0 Å². The van der Waals surface area contributed by atoms with E-state index in [4.69, 9.17) is 23.7 Å². The Kier molecular flexibility index (Phi) is 6.66. The lowest BCUT2D eigenvalue weighted by molar-refractivity contribution is -0.312. The number of methoxy groups -OCH3 is 2. The van der Waals surface area contributed by atoms with E-state index in [-0.39, 0.29) is 34.9 Å². The highest BCUT2D eigenvalue weighted by Gasteiger charge is 2.82. The average Bonchev–Trinajstić information content (AvgIpc) is 3.69. The lowest BCUT2D eigenvalue weighted by atomic mass is 9.33. The largest absolute Gasteiger partial charge is 0.482 e. The molecule has 1 aromatic rings. The molecule has 0 unspecified atom stereocenters. The minimum atomic E-state index is -0.971. The Morgan fingerprint density at radius 1 is 1.12 bits per heavy atom. The van der Waals surface area contributed by atoms with Gasteiger partial charge >= 0.3 is 5.97 Å². The first-order chi connectivity index (χ1) is 19.9.